The molecule has 0 aromatic heterocycles. The third-order valence-electron chi connectivity index (χ3n) is 11.8. The summed E-state index contributed by atoms with van der Waals surface area (Å²) in [6, 6.07) is 70.2. The first kappa shape index (κ1) is 32.3. The van der Waals surface area contributed by atoms with Gasteiger partial charge in [0.2, 0.25) is 0 Å². The molecule has 9 aromatic rings. The van der Waals surface area contributed by atoms with Gasteiger partial charge in [-0.1, -0.05) is 147 Å². The predicted molar refractivity (Wildman–Crippen MR) is 234 cm³/mol. The molecule has 56 heavy (non-hydrogen) atoms. The molecule has 2 aliphatic heterocycles. The fourth-order valence-corrected chi connectivity index (χ4v) is 8.91. The first-order chi connectivity index (χ1) is 27.5. The summed E-state index contributed by atoms with van der Waals surface area (Å²) in [5.41, 5.74) is 13.8. The van der Waals surface area contributed by atoms with Gasteiger partial charge in [0, 0.05) is 27.9 Å². The summed E-state index contributed by atoms with van der Waals surface area (Å²) in [7, 11) is 0. The molecule has 9 aromatic carbocycles. The second kappa shape index (κ2) is 12.5. The van der Waals surface area contributed by atoms with Crippen molar-refractivity contribution in [2.45, 2.75) is 19.3 Å². The summed E-state index contributed by atoms with van der Waals surface area (Å²) >= 11 is 0. The van der Waals surface area contributed by atoms with E-state index in [2.05, 4.69) is 218 Å². The van der Waals surface area contributed by atoms with Crippen molar-refractivity contribution in [2.24, 2.45) is 0 Å². The van der Waals surface area contributed by atoms with E-state index >= 15 is 0 Å². The number of hydrogen-bond donors (Lipinski definition) is 0. The largest absolute Gasteiger partial charge is 0.453 e. The Kier molecular flexibility index (Phi) is 7.20. The van der Waals surface area contributed by atoms with Crippen LogP contribution in [0.2, 0.25) is 0 Å². The molecule has 0 bridgehead atoms. The minimum atomic E-state index is -0.253. The Bertz CT molecular complexity index is 2970. The molecular formula is C53H38N2O. The Hall–Kier alpha value is -7.10. The quantitative estimate of drug-likeness (QED) is 0.176. The highest BCUT2D eigenvalue weighted by Crippen LogP contribution is 2.61. The minimum absolute atomic E-state index is 0.253. The molecule has 0 amide bonds. The maximum atomic E-state index is 6.63. The van der Waals surface area contributed by atoms with E-state index in [0.29, 0.717) is 0 Å². The third kappa shape index (κ3) is 5.05. The standard InChI is InChI=1S/C53H38N2O/c1-53(2)46-17-10-18-49-52(46)55(51-45-16-9-8-14-39(45)25-32-50(51)56-49)48-31-24-41(34-47(48)53)38-21-28-43(29-22-38)54(44-30-23-36-13-6-7-15-40(36)33-44)42-26-19-37(20-27-42)35-11-4-3-5-12-35/h3-34H,1-2H3. The lowest BCUT2D eigenvalue weighted by Crippen LogP contribution is -2.32. The Morgan fingerprint density at radius 2 is 1.00 bits per heavy atom. The van der Waals surface area contributed by atoms with Gasteiger partial charge in [-0.25, -0.2) is 0 Å². The van der Waals surface area contributed by atoms with E-state index < -0.39 is 0 Å². The van der Waals surface area contributed by atoms with Crippen LogP contribution in [0.1, 0.15) is 25.0 Å². The number of hydrogen-bond acceptors (Lipinski definition) is 3. The van der Waals surface area contributed by atoms with Crippen LogP contribution in [0.25, 0.3) is 43.8 Å². The predicted octanol–water partition coefficient (Wildman–Crippen LogP) is 15.0. The smallest absolute Gasteiger partial charge is 0.152 e. The molecule has 3 heteroatoms. The van der Waals surface area contributed by atoms with Crippen LogP contribution in [0, 0.1) is 0 Å². The van der Waals surface area contributed by atoms with Crippen molar-refractivity contribution < 1.29 is 4.74 Å². The van der Waals surface area contributed by atoms with Gasteiger partial charge in [0.05, 0.1) is 17.1 Å². The van der Waals surface area contributed by atoms with Crippen molar-refractivity contribution in [2.75, 3.05) is 9.80 Å². The van der Waals surface area contributed by atoms with Crippen molar-refractivity contribution in [3.63, 3.8) is 0 Å². The second-order valence-electron chi connectivity index (χ2n) is 15.4. The van der Waals surface area contributed by atoms with Crippen LogP contribution < -0.4 is 14.5 Å². The SMILES string of the molecule is CC1(C)c2cc(-c3ccc(N(c4ccc(-c5ccccc5)cc4)c4ccc5ccccc5c4)cc3)ccc2N2c3c(cccc31)Oc1ccc3ccccc3c12. The molecule has 11 rings (SSSR count). The zero-order valence-electron chi connectivity index (χ0n) is 31.3. The number of para-hydroxylation sites is 1. The van der Waals surface area contributed by atoms with Gasteiger partial charge in [-0.15, -0.1) is 0 Å². The summed E-state index contributed by atoms with van der Waals surface area (Å²) < 4.78 is 6.63. The van der Waals surface area contributed by atoms with Crippen LogP contribution >= 0.6 is 0 Å². The fraction of sp³-hybridized carbons (Fsp3) is 0.0566. The highest BCUT2D eigenvalue weighted by molar-refractivity contribution is 6.06. The van der Waals surface area contributed by atoms with Crippen LogP contribution in [-0.2, 0) is 5.41 Å². The number of ether oxygens (including phenoxy) is 1. The van der Waals surface area contributed by atoms with E-state index in [1.54, 1.807) is 0 Å². The average Bonchev–Trinajstić information content (AvgIpc) is 3.25. The number of benzene rings is 9. The van der Waals surface area contributed by atoms with Gasteiger partial charge in [0.1, 0.15) is 0 Å². The van der Waals surface area contributed by atoms with E-state index in [4.69, 9.17) is 4.74 Å². The summed E-state index contributed by atoms with van der Waals surface area (Å²) in [5, 5.41) is 4.83. The summed E-state index contributed by atoms with van der Waals surface area (Å²) in [5.74, 6) is 1.78. The molecule has 0 aliphatic carbocycles. The van der Waals surface area contributed by atoms with Gasteiger partial charge in [-0.05, 0) is 110 Å². The summed E-state index contributed by atoms with van der Waals surface area (Å²) in [6.07, 6.45) is 0. The third-order valence-corrected chi connectivity index (χ3v) is 11.8. The van der Waals surface area contributed by atoms with Gasteiger partial charge < -0.3 is 14.5 Å². The number of rotatable bonds is 5. The molecule has 0 unspecified atom stereocenters. The van der Waals surface area contributed by atoms with Crippen LogP contribution in [-0.4, -0.2) is 0 Å². The molecule has 3 nitrogen and oxygen atoms in total. The zero-order chi connectivity index (χ0) is 37.4. The van der Waals surface area contributed by atoms with E-state index in [1.165, 1.54) is 60.6 Å². The Morgan fingerprint density at radius 3 is 1.77 bits per heavy atom. The number of nitrogens with zero attached hydrogens (tertiary/aromatic N) is 2. The highest BCUT2D eigenvalue weighted by atomic mass is 16.5. The molecule has 0 atom stereocenters. The molecule has 0 radical (unpaired) electrons. The molecule has 0 saturated carbocycles. The molecule has 266 valence electrons. The van der Waals surface area contributed by atoms with Crippen molar-refractivity contribution in [1.29, 1.82) is 0 Å². The van der Waals surface area contributed by atoms with Gasteiger partial charge >= 0.3 is 0 Å². The lowest BCUT2D eigenvalue weighted by molar-refractivity contribution is 0.472. The molecule has 0 fully saturated rings. The van der Waals surface area contributed by atoms with Gasteiger partial charge in [0.15, 0.2) is 11.5 Å². The summed E-state index contributed by atoms with van der Waals surface area (Å²) in [6.45, 7) is 4.68. The molecule has 0 N–H and O–H groups in total. The maximum absolute atomic E-state index is 6.63. The number of fused-ring (bicyclic) bond motifs is 7. The zero-order valence-corrected chi connectivity index (χ0v) is 31.3. The fourth-order valence-electron chi connectivity index (χ4n) is 8.91. The molecule has 2 aliphatic rings. The Balaban J connectivity index is 1.01. The van der Waals surface area contributed by atoms with Crippen molar-refractivity contribution >= 4 is 55.7 Å². The lowest BCUT2D eigenvalue weighted by Gasteiger charge is -2.45. The van der Waals surface area contributed by atoms with Gasteiger partial charge in [-0.3, -0.25) is 0 Å². The lowest BCUT2D eigenvalue weighted by atomic mass is 9.72. The molecule has 2 heterocycles. The van der Waals surface area contributed by atoms with Crippen LogP contribution in [0.4, 0.5) is 34.1 Å². The van der Waals surface area contributed by atoms with E-state index in [9.17, 15) is 0 Å². The van der Waals surface area contributed by atoms with Gasteiger partial charge in [-0.2, -0.15) is 0 Å². The van der Waals surface area contributed by atoms with Crippen LogP contribution in [0.15, 0.2) is 194 Å². The van der Waals surface area contributed by atoms with Crippen molar-refractivity contribution in [3.8, 4) is 33.8 Å². The monoisotopic (exact) mass is 718 g/mol. The molecular weight excluding hydrogens is 681 g/mol. The van der Waals surface area contributed by atoms with Crippen molar-refractivity contribution in [1.82, 2.24) is 0 Å². The minimum Gasteiger partial charge on any atom is -0.453 e. The Labute approximate surface area is 327 Å². The first-order valence-corrected chi connectivity index (χ1v) is 19.3. The molecule has 0 saturated heterocycles. The first-order valence-electron chi connectivity index (χ1n) is 19.3. The van der Waals surface area contributed by atoms with Crippen LogP contribution in [0.3, 0.4) is 0 Å². The van der Waals surface area contributed by atoms with E-state index in [1.807, 2.05) is 0 Å². The number of anilines is 6. The van der Waals surface area contributed by atoms with Gasteiger partial charge in [0.25, 0.3) is 0 Å². The topological polar surface area (TPSA) is 15.7 Å². The average molecular weight is 719 g/mol. The maximum Gasteiger partial charge on any atom is 0.152 e. The molecule has 0 spiro atoms. The van der Waals surface area contributed by atoms with E-state index in [0.717, 1.165) is 39.9 Å². The summed E-state index contributed by atoms with van der Waals surface area (Å²) in [4.78, 5) is 4.81. The van der Waals surface area contributed by atoms with Crippen molar-refractivity contribution in [3.05, 3.63) is 205 Å². The highest BCUT2D eigenvalue weighted by Gasteiger charge is 2.42. The van der Waals surface area contributed by atoms with Crippen LogP contribution in [0.5, 0.6) is 11.5 Å². The normalized spacial score (nSPS) is 13.4. The van der Waals surface area contributed by atoms with E-state index in [-0.39, 0.29) is 5.41 Å². The second-order valence-corrected chi connectivity index (χ2v) is 15.4. The Morgan fingerprint density at radius 1 is 0.411 bits per heavy atom.